The summed E-state index contributed by atoms with van der Waals surface area (Å²) >= 11 is 0. The summed E-state index contributed by atoms with van der Waals surface area (Å²) in [4.78, 5) is 72.5. The first-order valence-electron chi connectivity index (χ1n) is 39.0. The normalized spacial score (nSPS) is 14.3. The number of ether oxygens (including phenoxy) is 4. The molecule has 0 fully saturated rings. The molecule has 0 saturated carbocycles. The van der Waals surface area contributed by atoms with Gasteiger partial charge in [-0.05, 0) is 37.5 Å². The highest BCUT2D eigenvalue weighted by molar-refractivity contribution is 7.47. The van der Waals surface area contributed by atoms with Crippen molar-refractivity contribution in [3.05, 3.63) is 0 Å². The average molecular weight is 1380 g/mol. The van der Waals surface area contributed by atoms with Crippen molar-refractivity contribution in [3.8, 4) is 0 Å². The number of rotatable bonds is 74. The van der Waals surface area contributed by atoms with E-state index in [0.29, 0.717) is 31.6 Å². The standard InChI is InChI=1S/C75H146O17P2/c1-7-10-12-14-16-17-18-19-24-28-31-34-40-46-52-58-73(78)86-64-71(91-74(79)59-53-47-41-35-32-29-26-23-21-20-22-25-27-30-33-39-44-50-56-68(6)9-3)66-90-94(83,84)88-62-69(76)61-87-93(81,82)89-65-70(63-85-72(77)57-51-45-37-15-13-11-8-2)92-75(80)60-54-48-42-36-38-43-49-55-67(4)5/h67-71,76H,7-66H2,1-6H3,(H,81,82)(H,83,84)/t68?,69-,70+,71+/m0/s1. The highest BCUT2D eigenvalue weighted by Crippen LogP contribution is 2.45. The lowest BCUT2D eigenvalue weighted by atomic mass is 9.99. The van der Waals surface area contributed by atoms with Crippen molar-refractivity contribution in [2.24, 2.45) is 11.8 Å². The van der Waals surface area contributed by atoms with E-state index in [0.717, 1.165) is 109 Å². The predicted octanol–water partition coefficient (Wildman–Crippen LogP) is 21.9. The predicted molar refractivity (Wildman–Crippen MR) is 381 cm³/mol. The number of aliphatic hydroxyl groups excluding tert-OH is 1. The molecular weight excluding hydrogens is 1230 g/mol. The molecule has 94 heavy (non-hydrogen) atoms. The number of phosphoric ester groups is 2. The Morgan fingerprint density at radius 1 is 0.309 bits per heavy atom. The number of carbonyl (C=O) groups is 4. The van der Waals surface area contributed by atoms with Crippen molar-refractivity contribution in [2.45, 2.75) is 407 Å². The molecule has 3 unspecified atom stereocenters. The maximum absolute atomic E-state index is 13.1. The van der Waals surface area contributed by atoms with E-state index in [1.165, 1.54) is 193 Å². The summed E-state index contributed by atoms with van der Waals surface area (Å²) in [6.07, 6.45) is 54.4. The summed E-state index contributed by atoms with van der Waals surface area (Å²) in [5.74, 6) is -0.557. The number of carbonyl (C=O) groups excluding carboxylic acids is 4. The second-order valence-electron chi connectivity index (χ2n) is 27.8. The fraction of sp³-hybridized carbons (Fsp3) is 0.947. The van der Waals surface area contributed by atoms with Crippen LogP contribution in [0.25, 0.3) is 0 Å². The van der Waals surface area contributed by atoms with Gasteiger partial charge in [-0.3, -0.25) is 37.3 Å². The number of aliphatic hydroxyl groups is 1. The fourth-order valence-electron chi connectivity index (χ4n) is 11.4. The minimum Gasteiger partial charge on any atom is -0.462 e. The van der Waals surface area contributed by atoms with Gasteiger partial charge in [0.2, 0.25) is 0 Å². The van der Waals surface area contributed by atoms with E-state index in [1.807, 2.05) is 0 Å². The molecule has 0 aliphatic heterocycles. The third kappa shape index (κ3) is 67.3. The third-order valence-electron chi connectivity index (χ3n) is 17.8. The average Bonchev–Trinajstić information content (AvgIpc) is 1.63. The quantitative estimate of drug-likeness (QED) is 0.0222. The monoisotopic (exact) mass is 1380 g/mol. The molecule has 0 spiro atoms. The molecule has 0 aliphatic carbocycles. The molecule has 0 aromatic rings. The first-order chi connectivity index (χ1) is 45.4. The Bertz CT molecular complexity index is 1820. The van der Waals surface area contributed by atoms with Gasteiger partial charge in [-0.25, -0.2) is 9.13 Å². The maximum atomic E-state index is 13.1. The van der Waals surface area contributed by atoms with Gasteiger partial charge < -0.3 is 33.8 Å². The van der Waals surface area contributed by atoms with Gasteiger partial charge in [-0.1, -0.05) is 337 Å². The zero-order chi connectivity index (χ0) is 69.3. The first-order valence-corrected chi connectivity index (χ1v) is 42.0. The Labute approximate surface area is 575 Å². The van der Waals surface area contributed by atoms with E-state index in [-0.39, 0.29) is 25.7 Å². The van der Waals surface area contributed by atoms with Crippen LogP contribution in [0.4, 0.5) is 0 Å². The number of phosphoric acid groups is 2. The molecule has 0 aromatic heterocycles. The van der Waals surface area contributed by atoms with Gasteiger partial charge in [0.1, 0.15) is 19.3 Å². The van der Waals surface area contributed by atoms with Gasteiger partial charge in [-0.15, -0.1) is 0 Å². The Morgan fingerprint density at radius 2 is 0.543 bits per heavy atom. The Balaban J connectivity index is 5.14. The van der Waals surface area contributed by atoms with Gasteiger partial charge in [0.05, 0.1) is 26.4 Å². The first kappa shape index (κ1) is 92.1. The van der Waals surface area contributed by atoms with Crippen LogP contribution in [-0.4, -0.2) is 96.7 Å². The third-order valence-corrected chi connectivity index (χ3v) is 19.7. The van der Waals surface area contributed by atoms with Crippen LogP contribution < -0.4 is 0 Å². The van der Waals surface area contributed by atoms with Crippen LogP contribution in [0.3, 0.4) is 0 Å². The summed E-state index contributed by atoms with van der Waals surface area (Å²) in [5, 5.41) is 10.6. The second kappa shape index (κ2) is 66.9. The summed E-state index contributed by atoms with van der Waals surface area (Å²) in [5.41, 5.74) is 0. The van der Waals surface area contributed by atoms with Crippen molar-refractivity contribution in [1.82, 2.24) is 0 Å². The van der Waals surface area contributed by atoms with E-state index >= 15 is 0 Å². The summed E-state index contributed by atoms with van der Waals surface area (Å²) in [7, 11) is -9.90. The minimum absolute atomic E-state index is 0.103. The highest BCUT2D eigenvalue weighted by atomic mass is 31.2. The number of esters is 4. The van der Waals surface area contributed by atoms with Crippen LogP contribution in [0, 0.1) is 11.8 Å². The van der Waals surface area contributed by atoms with Gasteiger partial charge in [0.25, 0.3) is 0 Å². The van der Waals surface area contributed by atoms with Crippen LogP contribution in [-0.2, 0) is 65.4 Å². The molecule has 0 aromatic carbocycles. The van der Waals surface area contributed by atoms with Crippen molar-refractivity contribution in [3.63, 3.8) is 0 Å². The number of hydrogen-bond acceptors (Lipinski definition) is 15. The van der Waals surface area contributed by atoms with Crippen LogP contribution in [0.2, 0.25) is 0 Å². The maximum Gasteiger partial charge on any atom is 0.472 e. The van der Waals surface area contributed by atoms with E-state index in [4.69, 9.17) is 37.0 Å². The van der Waals surface area contributed by atoms with Gasteiger partial charge >= 0.3 is 39.5 Å². The molecule has 17 nitrogen and oxygen atoms in total. The molecule has 3 N–H and O–H groups in total. The molecule has 0 radical (unpaired) electrons. The molecule has 0 bridgehead atoms. The van der Waals surface area contributed by atoms with Crippen LogP contribution in [0.1, 0.15) is 388 Å². The fourth-order valence-corrected chi connectivity index (χ4v) is 13.0. The smallest absolute Gasteiger partial charge is 0.462 e. The highest BCUT2D eigenvalue weighted by Gasteiger charge is 2.30. The molecule has 6 atom stereocenters. The Hall–Kier alpha value is -1.94. The molecule has 0 amide bonds. The molecular formula is C75H146O17P2. The van der Waals surface area contributed by atoms with E-state index in [9.17, 15) is 43.2 Å². The van der Waals surface area contributed by atoms with Gasteiger partial charge in [0, 0.05) is 25.7 Å². The zero-order valence-electron chi connectivity index (χ0n) is 61.3. The minimum atomic E-state index is -4.96. The van der Waals surface area contributed by atoms with Crippen molar-refractivity contribution < 1.29 is 80.2 Å². The van der Waals surface area contributed by atoms with Gasteiger partial charge in [-0.2, -0.15) is 0 Å². The Kier molecular flexibility index (Phi) is 65.5. The Morgan fingerprint density at radius 3 is 0.809 bits per heavy atom. The largest absolute Gasteiger partial charge is 0.472 e. The number of unbranched alkanes of at least 4 members (excludes halogenated alkanes) is 43. The topological polar surface area (TPSA) is 237 Å². The molecule has 19 heteroatoms. The number of hydrogen-bond donors (Lipinski definition) is 3. The van der Waals surface area contributed by atoms with Gasteiger partial charge in [0.15, 0.2) is 12.2 Å². The van der Waals surface area contributed by atoms with Crippen LogP contribution in [0.5, 0.6) is 0 Å². The molecule has 0 saturated heterocycles. The van der Waals surface area contributed by atoms with Crippen LogP contribution >= 0.6 is 15.6 Å². The van der Waals surface area contributed by atoms with Crippen molar-refractivity contribution in [1.29, 1.82) is 0 Å². The lowest BCUT2D eigenvalue weighted by Crippen LogP contribution is -2.30. The van der Waals surface area contributed by atoms with Crippen molar-refractivity contribution >= 4 is 39.5 Å². The second-order valence-corrected chi connectivity index (χ2v) is 30.7. The lowest BCUT2D eigenvalue weighted by molar-refractivity contribution is -0.161. The van der Waals surface area contributed by atoms with Crippen LogP contribution in [0.15, 0.2) is 0 Å². The summed E-state index contributed by atoms with van der Waals surface area (Å²) in [6.45, 7) is 9.54. The zero-order valence-corrected chi connectivity index (χ0v) is 63.1. The van der Waals surface area contributed by atoms with E-state index in [1.54, 1.807) is 0 Å². The lowest BCUT2D eigenvalue weighted by Gasteiger charge is -2.21. The SMILES string of the molecule is CCCCCCCCCCCCCCCCCC(=O)OC[C@H](COP(=O)(O)OC[C@@H](O)COP(=O)(O)OC[C@@H](COC(=O)CCCCCCCCC)OC(=O)CCCCCCCCCC(C)C)OC(=O)CCCCCCCCCCCCCCCCCCCCC(C)CC. The molecule has 0 rings (SSSR count). The molecule has 0 heterocycles. The van der Waals surface area contributed by atoms with E-state index < -0.39 is 97.5 Å². The van der Waals surface area contributed by atoms with Crippen molar-refractivity contribution in [2.75, 3.05) is 39.6 Å². The summed E-state index contributed by atoms with van der Waals surface area (Å²) in [6, 6.07) is 0. The summed E-state index contributed by atoms with van der Waals surface area (Å²) < 4.78 is 68.3. The molecule has 0 aliphatic rings. The molecule has 558 valence electrons. The van der Waals surface area contributed by atoms with E-state index in [2.05, 4.69) is 41.5 Å².